The second-order valence-electron chi connectivity index (χ2n) is 4.08. The fourth-order valence-corrected chi connectivity index (χ4v) is 1.69. The van der Waals surface area contributed by atoms with Crippen LogP contribution < -0.4 is 0 Å². The molecular formula is C10H15ClF3NO4. The van der Waals surface area contributed by atoms with Gasteiger partial charge in [-0.3, -0.25) is 9.59 Å². The highest BCUT2D eigenvalue weighted by Gasteiger charge is 2.31. The Morgan fingerprint density at radius 3 is 2.47 bits per heavy atom. The molecule has 1 saturated heterocycles. The first-order chi connectivity index (χ1) is 8.29. The molecule has 1 heterocycles. The van der Waals surface area contributed by atoms with Crippen LogP contribution in [0.1, 0.15) is 12.8 Å². The molecule has 1 aliphatic rings. The van der Waals surface area contributed by atoms with Crippen molar-refractivity contribution < 1.29 is 32.6 Å². The van der Waals surface area contributed by atoms with Crippen LogP contribution >= 0.6 is 12.4 Å². The minimum Gasteiger partial charge on any atom is -0.481 e. The molecule has 0 aromatic carbocycles. The average molecular weight is 306 g/mol. The van der Waals surface area contributed by atoms with E-state index < -0.39 is 24.7 Å². The highest BCUT2D eigenvalue weighted by molar-refractivity contribution is 5.85. The average Bonchev–Trinajstić information content (AvgIpc) is 2.72. The molecule has 0 spiro atoms. The van der Waals surface area contributed by atoms with E-state index in [0.717, 1.165) is 0 Å². The first-order valence-electron chi connectivity index (χ1n) is 5.44. The minimum atomic E-state index is -4.40. The van der Waals surface area contributed by atoms with Crippen molar-refractivity contribution in [3.05, 3.63) is 0 Å². The third-order valence-corrected chi connectivity index (χ3v) is 2.62. The highest BCUT2D eigenvalue weighted by atomic mass is 35.5. The molecule has 0 bridgehead atoms. The van der Waals surface area contributed by atoms with E-state index in [1.165, 1.54) is 4.90 Å². The summed E-state index contributed by atoms with van der Waals surface area (Å²) in [7, 11) is 0. The summed E-state index contributed by atoms with van der Waals surface area (Å²) in [5.74, 6) is -1.91. The predicted molar refractivity (Wildman–Crippen MR) is 61.1 cm³/mol. The van der Waals surface area contributed by atoms with Gasteiger partial charge in [0.15, 0.2) is 0 Å². The van der Waals surface area contributed by atoms with Gasteiger partial charge in [-0.25, -0.2) is 0 Å². The third kappa shape index (κ3) is 6.63. The van der Waals surface area contributed by atoms with Crippen LogP contribution in [0.4, 0.5) is 13.2 Å². The van der Waals surface area contributed by atoms with Crippen LogP contribution in [0.15, 0.2) is 0 Å². The number of carboxylic acid groups (broad SMARTS) is 1. The van der Waals surface area contributed by atoms with Gasteiger partial charge in [0.1, 0.15) is 6.61 Å². The van der Waals surface area contributed by atoms with Crippen molar-refractivity contribution in [2.24, 2.45) is 5.92 Å². The van der Waals surface area contributed by atoms with Crippen LogP contribution in [0.5, 0.6) is 0 Å². The highest BCUT2D eigenvalue weighted by Crippen LogP contribution is 2.17. The van der Waals surface area contributed by atoms with Crippen molar-refractivity contribution in [1.82, 2.24) is 4.90 Å². The lowest BCUT2D eigenvalue weighted by atomic mass is 10.1. The number of carbonyl (C=O) groups is 2. The number of ether oxygens (including phenoxy) is 1. The normalized spacial score (nSPS) is 19.1. The predicted octanol–water partition coefficient (Wildman–Crippen LogP) is 1.31. The first-order valence-corrected chi connectivity index (χ1v) is 5.44. The summed E-state index contributed by atoms with van der Waals surface area (Å²) in [5.41, 5.74) is 0. The fraction of sp³-hybridized carbons (Fsp3) is 0.800. The lowest BCUT2D eigenvalue weighted by molar-refractivity contribution is -0.175. The van der Waals surface area contributed by atoms with Gasteiger partial charge in [0.05, 0.1) is 18.9 Å². The van der Waals surface area contributed by atoms with Crippen LogP contribution in [0.2, 0.25) is 0 Å². The zero-order valence-corrected chi connectivity index (χ0v) is 10.8. The van der Waals surface area contributed by atoms with E-state index in [9.17, 15) is 22.8 Å². The maximum atomic E-state index is 11.7. The van der Waals surface area contributed by atoms with E-state index >= 15 is 0 Å². The SMILES string of the molecule is Cl.O=C(O)C1CCN(C(=O)CCOCC(F)(F)F)C1. The van der Waals surface area contributed by atoms with E-state index in [0.29, 0.717) is 13.0 Å². The van der Waals surface area contributed by atoms with Crippen LogP contribution in [0.3, 0.4) is 0 Å². The fourth-order valence-electron chi connectivity index (χ4n) is 1.69. The molecule has 0 aromatic rings. The Hall–Kier alpha value is -1.02. The number of aliphatic carboxylic acids is 1. The molecular weight excluding hydrogens is 291 g/mol. The largest absolute Gasteiger partial charge is 0.481 e. The molecule has 19 heavy (non-hydrogen) atoms. The van der Waals surface area contributed by atoms with Crippen LogP contribution in [-0.4, -0.2) is 54.4 Å². The van der Waals surface area contributed by atoms with E-state index in [1.54, 1.807) is 0 Å². The molecule has 0 saturated carbocycles. The van der Waals surface area contributed by atoms with E-state index in [-0.39, 0.29) is 37.9 Å². The molecule has 5 nitrogen and oxygen atoms in total. The third-order valence-electron chi connectivity index (χ3n) is 2.62. The van der Waals surface area contributed by atoms with E-state index in [4.69, 9.17) is 5.11 Å². The van der Waals surface area contributed by atoms with Gasteiger partial charge in [-0.15, -0.1) is 12.4 Å². The summed E-state index contributed by atoms with van der Waals surface area (Å²) in [4.78, 5) is 23.5. The maximum absolute atomic E-state index is 11.7. The Bertz CT molecular complexity index is 324. The molecule has 1 fully saturated rings. The Morgan fingerprint density at radius 2 is 2.00 bits per heavy atom. The lowest BCUT2D eigenvalue weighted by Gasteiger charge is -2.15. The summed E-state index contributed by atoms with van der Waals surface area (Å²) in [6.07, 6.45) is -4.18. The van der Waals surface area contributed by atoms with E-state index in [2.05, 4.69) is 4.74 Å². The Morgan fingerprint density at radius 1 is 1.37 bits per heavy atom. The second-order valence-corrected chi connectivity index (χ2v) is 4.08. The van der Waals surface area contributed by atoms with Crippen molar-refractivity contribution in [2.45, 2.75) is 19.0 Å². The molecule has 1 N–H and O–H groups in total. The quantitative estimate of drug-likeness (QED) is 0.778. The van der Waals surface area contributed by atoms with Crippen molar-refractivity contribution in [3.63, 3.8) is 0 Å². The number of likely N-dealkylation sites (tertiary alicyclic amines) is 1. The first kappa shape index (κ1) is 18.0. The smallest absolute Gasteiger partial charge is 0.411 e. The van der Waals surface area contributed by atoms with Gasteiger partial charge in [-0.1, -0.05) is 0 Å². The number of hydrogen-bond donors (Lipinski definition) is 1. The van der Waals surface area contributed by atoms with Gasteiger partial charge in [0.25, 0.3) is 0 Å². The van der Waals surface area contributed by atoms with Crippen molar-refractivity contribution in [2.75, 3.05) is 26.3 Å². The molecule has 1 atom stereocenters. The summed E-state index contributed by atoms with van der Waals surface area (Å²) >= 11 is 0. The number of nitrogens with zero attached hydrogens (tertiary/aromatic N) is 1. The molecule has 1 rings (SSSR count). The van der Waals surface area contributed by atoms with Gasteiger partial charge >= 0.3 is 12.1 Å². The van der Waals surface area contributed by atoms with Crippen molar-refractivity contribution >= 4 is 24.3 Å². The number of carbonyl (C=O) groups excluding carboxylic acids is 1. The number of alkyl halides is 3. The lowest BCUT2D eigenvalue weighted by Crippen LogP contribution is -2.31. The van der Waals surface area contributed by atoms with Crippen molar-refractivity contribution in [1.29, 1.82) is 0 Å². The molecule has 112 valence electrons. The molecule has 0 radical (unpaired) electrons. The van der Waals surface area contributed by atoms with Crippen LogP contribution in [0.25, 0.3) is 0 Å². The van der Waals surface area contributed by atoms with Gasteiger partial charge < -0.3 is 14.7 Å². The summed E-state index contributed by atoms with van der Waals surface area (Å²) in [5, 5.41) is 8.73. The van der Waals surface area contributed by atoms with Gasteiger partial charge in [0.2, 0.25) is 5.91 Å². The number of hydrogen-bond acceptors (Lipinski definition) is 3. The zero-order chi connectivity index (χ0) is 13.8. The molecule has 1 unspecified atom stereocenters. The second kappa shape index (κ2) is 7.54. The summed E-state index contributed by atoms with van der Waals surface area (Å²) in [6.45, 7) is -1.24. The van der Waals surface area contributed by atoms with Crippen LogP contribution in [-0.2, 0) is 14.3 Å². The monoisotopic (exact) mass is 305 g/mol. The van der Waals surface area contributed by atoms with Crippen molar-refractivity contribution in [3.8, 4) is 0 Å². The summed E-state index contributed by atoms with van der Waals surface area (Å²) in [6, 6.07) is 0. The maximum Gasteiger partial charge on any atom is 0.411 e. The zero-order valence-electron chi connectivity index (χ0n) is 9.98. The Labute approximate surface area is 114 Å². The number of carboxylic acids is 1. The standard InChI is InChI=1S/C10H14F3NO4.ClH/c11-10(12,13)6-18-4-2-8(15)14-3-1-7(5-14)9(16)17;/h7H,1-6H2,(H,16,17);1H. The molecule has 1 amide bonds. The molecule has 0 aliphatic carbocycles. The Balaban J connectivity index is 0.00000324. The molecule has 9 heteroatoms. The minimum absolute atomic E-state index is 0. The molecule has 1 aliphatic heterocycles. The van der Waals surface area contributed by atoms with Gasteiger partial charge in [0, 0.05) is 13.1 Å². The number of amides is 1. The molecule has 0 aromatic heterocycles. The van der Waals surface area contributed by atoms with Crippen LogP contribution in [0, 0.1) is 5.92 Å². The summed E-state index contributed by atoms with van der Waals surface area (Å²) < 4.78 is 39.5. The Kier molecular flexibility index (Phi) is 7.14. The number of halogens is 4. The van der Waals surface area contributed by atoms with Gasteiger partial charge in [-0.05, 0) is 6.42 Å². The topological polar surface area (TPSA) is 66.8 Å². The van der Waals surface area contributed by atoms with Gasteiger partial charge in [-0.2, -0.15) is 13.2 Å². The van der Waals surface area contributed by atoms with E-state index in [1.807, 2.05) is 0 Å². The number of rotatable bonds is 5.